The highest BCUT2D eigenvalue weighted by Gasteiger charge is 2.10. The second-order valence-electron chi connectivity index (χ2n) is 4.61. The van der Waals surface area contributed by atoms with Gasteiger partial charge in [0.15, 0.2) is 0 Å². The summed E-state index contributed by atoms with van der Waals surface area (Å²) in [6.45, 7) is 2.14. The molecular weight excluding hydrogens is 250 g/mol. The highest BCUT2D eigenvalue weighted by Crippen LogP contribution is 2.21. The van der Waals surface area contributed by atoms with Gasteiger partial charge in [-0.05, 0) is 35.2 Å². The first-order valence-electron chi connectivity index (χ1n) is 6.67. The number of hydrogen-bond donors (Lipinski definition) is 0. The van der Waals surface area contributed by atoms with E-state index in [0.29, 0.717) is 5.56 Å². The summed E-state index contributed by atoms with van der Waals surface area (Å²) in [5.74, 6) is -0.152. The van der Waals surface area contributed by atoms with E-state index in [1.54, 1.807) is 7.05 Å². The summed E-state index contributed by atoms with van der Waals surface area (Å²) in [7, 11) is 3.07. The minimum absolute atomic E-state index is 0.152. The van der Waals surface area contributed by atoms with Crippen molar-refractivity contribution in [2.45, 2.75) is 13.3 Å². The first-order valence-corrected chi connectivity index (χ1v) is 6.67. The van der Waals surface area contributed by atoms with Crippen LogP contribution in [0.1, 0.15) is 22.8 Å². The first-order chi connectivity index (χ1) is 9.65. The van der Waals surface area contributed by atoms with Gasteiger partial charge in [-0.1, -0.05) is 43.3 Å². The van der Waals surface area contributed by atoms with E-state index in [9.17, 15) is 4.79 Å². The number of amides is 1. The molecule has 0 fully saturated rings. The van der Waals surface area contributed by atoms with Gasteiger partial charge in [0.05, 0.1) is 7.11 Å². The van der Waals surface area contributed by atoms with Crippen LogP contribution in [0.3, 0.4) is 0 Å². The summed E-state index contributed by atoms with van der Waals surface area (Å²) >= 11 is 0. The van der Waals surface area contributed by atoms with Gasteiger partial charge in [0.2, 0.25) is 0 Å². The molecule has 0 aliphatic heterocycles. The highest BCUT2D eigenvalue weighted by atomic mass is 16.7. The van der Waals surface area contributed by atoms with Gasteiger partial charge in [-0.25, -0.2) is 5.06 Å². The highest BCUT2D eigenvalue weighted by molar-refractivity contribution is 5.93. The number of hydrogen-bond acceptors (Lipinski definition) is 2. The fourth-order valence-electron chi connectivity index (χ4n) is 2.00. The fraction of sp³-hybridized carbons (Fsp3) is 0.235. The van der Waals surface area contributed by atoms with Crippen molar-refractivity contribution in [2.24, 2.45) is 0 Å². The maximum absolute atomic E-state index is 11.9. The Hall–Kier alpha value is -2.13. The van der Waals surface area contributed by atoms with Crippen molar-refractivity contribution in [3.8, 4) is 11.1 Å². The molecule has 0 aliphatic carbocycles. The van der Waals surface area contributed by atoms with Crippen molar-refractivity contribution in [2.75, 3.05) is 14.2 Å². The van der Waals surface area contributed by atoms with Gasteiger partial charge in [0, 0.05) is 12.6 Å². The lowest BCUT2D eigenvalue weighted by Crippen LogP contribution is -2.25. The quantitative estimate of drug-likeness (QED) is 0.794. The van der Waals surface area contributed by atoms with E-state index < -0.39 is 0 Å². The molecule has 0 aliphatic rings. The molecule has 0 saturated heterocycles. The molecule has 0 radical (unpaired) electrons. The number of carbonyl (C=O) groups is 1. The second kappa shape index (κ2) is 6.35. The van der Waals surface area contributed by atoms with Crippen LogP contribution in [0.15, 0.2) is 48.5 Å². The van der Waals surface area contributed by atoms with Crippen molar-refractivity contribution in [3.63, 3.8) is 0 Å². The van der Waals surface area contributed by atoms with Crippen LogP contribution >= 0.6 is 0 Å². The van der Waals surface area contributed by atoms with E-state index in [1.165, 1.54) is 17.7 Å². The molecule has 3 heteroatoms. The third kappa shape index (κ3) is 3.06. The topological polar surface area (TPSA) is 29.5 Å². The van der Waals surface area contributed by atoms with Crippen molar-refractivity contribution >= 4 is 5.91 Å². The predicted octanol–water partition coefficient (Wildman–Crippen LogP) is 3.55. The number of aryl methyl sites for hydroxylation is 1. The standard InChI is InChI=1S/C17H19NO2/c1-4-13-5-7-14(8-6-13)15-9-11-16(12-10-15)17(19)18(2)20-3/h5-12H,4H2,1-3H3. The Morgan fingerprint density at radius 3 is 1.95 bits per heavy atom. The smallest absolute Gasteiger partial charge is 0.274 e. The molecule has 0 N–H and O–H groups in total. The van der Waals surface area contributed by atoms with E-state index in [0.717, 1.165) is 17.5 Å². The minimum Gasteiger partial charge on any atom is -0.274 e. The van der Waals surface area contributed by atoms with Crippen molar-refractivity contribution in [1.82, 2.24) is 5.06 Å². The van der Waals surface area contributed by atoms with Crippen molar-refractivity contribution in [1.29, 1.82) is 0 Å². The zero-order valence-corrected chi connectivity index (χ0v) is 12.1. The molecule has 104 valence electrons. The van der Waals surface area contributed by atoms with Crippen LogP contribution in [0.4, 0.5) is 0 Å². The zero-order valence-electron chi connectivity index (χ0n) is 12.1. The number of carbonyl (C=O) groups excluding carboxylic acids is 1. The molecular formula is C17H19NO2. The molecule has 2 aromatic carbocycles. The number of nitrogens with zero attached hydrogens (tertiary/aromatic N) is 1. The summed E-state index contributed by atoms with van der Waals surface area (Å²) < 4.78 is 0. The molecule has 3 nitrogen and oxygen atoms in total. The molecule has 0 saturated carbocycles. The molecule has 0 spiro atoms. The molecule has 2 aromatic rings. The minimum atomic E-state index is -0.152. The molecule has 20 heavy (non-hydrogen) atoms. The summed E-state index contributed by atoms with van der Waals surface area (Å²) in [4.78, 5) is 16.8. The Labute approximate surface area is 119 Å². The van der Waals surface area contributed by atoms with Gasteiger partial charge in [-0.2, -0.15) is 0 Å². The van der Waals surface area contributed by atoms with Gasteiger partial charge in [0.25, 0.3) is 5.91 Å². The van der Waals surface area contributed by atoms with Crippen LogP contribution in [0.2, 0.25) is 0 Å². The average molecular weight is 269 g/mol. The lowest BCUT2D eigenvalue weighted by Gasteiger charge is -2.13. The van der Waals surface area contributed by atoms with E-state index in [2.05, 4.69) is 31.2 Å². The van der Waals surface area contributed by atoms with Crippen LogP contribution in [-0.2, 0) is 11.3 Å². The molecule has 0 bridgehead atoms. The second-order valence-corrected chi connectivity index (χ2v) is 4.61. The number of rotatable bonds is 4. The normalized spacial score (nSPS) is 10.3. The maximum Gasteiger partial charge on any atom is 0.277 e. The Balaban J connectivity index is 2.21. The summed E-state index contributed by atoms with van der Waals surface area (Å²) in [6, 6.07) is 16.0. The van der Waals surface area contributed by atoms with Crippen molar-refractivity contribution < 1.29 is 9.63 Å². The van der Waals surface area contributed by atoms with Crippen molar-refractivity contribution in [3.05, 3.63) is 59.7 Å². The molecule has 0 unspecified atom stereocenters. The van der Waals surface area contributed by atoms with E-state index in [4.69, 9.17) is 4.84 Å². The first kappa shape index (κ1) is 14.3. The number of hydroxylamine groups is 2. The Kier molecular flexibility index (Phi) is 4.53. The molecule has 2 rings (SSSR count). The average Bonchev–Trinajstić information content (AvgIpc) is 2.53. The zero-order chi connectivity index (χ0) is 14.5. The maximum atomic E-state index is 11.9. The molecule has 1 amide bonds. The Morgan fingerprint density at radius 1 is 1.00 bits per heavy atom. The predicted molar refractivity (Wildman–Crippen MR) is 80.4 cm³/mol. The largest absolute Gasteiger partial charge is 0.277 e. The van der Waals surface area contributed by atoms with Crippen LogP contribution in [0.5, 0.6) is 0 Å². The summed E-state index contributed by atoms with van der Waals surface area (Å²) in [5.41, 5.74) is 4.19. The lowest BCUT2D eigenvalue weighted by atomic mass is 10.0. The fourth-order valence-corrected chi connectivity index (χ4v) is 2.00. The van der Waals surface area contributed by atoms with E-state index in [1.807, 2.05) is 24.3 Å². The van der Waals surface area contributed by atoms with Crippen LogP contribution in [0.25, 0.3) is 11.1 Å². The van der Waals surface area contributed by atoms with Gasteiger partial charge in [-0.3, -0.25) is 9.63 Å². The molecule has 0 aromatic heterocycles. The Morgan fingerprint density at radius 2 is 1.50 bits per heavy atom. The third-order valence-corrected chi connectivity index (χ3v) is 3.39. The summed E-state index contributed by atoms with van der Waals surface area (Å²) in [5, 5.41) is 1.21. The SMILES string of the molecule is CCc1ccc(-c2ccc(C(=O)N(C)OC)cc2)cc1. The third-order valence-electron chi connectivity index (χ3n) is 3.39. The van der Waals surface area contributed by atoms with Crippen LogP contribution < -0.4 is 0 Å². The Bertz CT molecular complexity index is 573. The van der Waals surface area contributed by atoms with Gasteiger partial charge in [0.1, 0.15) is 0 Å². The van der Waals surface area contributed by atoms with Crippen LogP contribution in [0, 0.1) is 0 Å². The van der Waals surface area contributed by atoms with Crippen LogP contribution in [-0.4, -0.2) is 25.1 Å². The molecule has 0 atom stereocenters. The number of benzene rings is 2. The van der Waals surface area contributed by atoms with E-state index in [-0.39, 0.29) is 5.91 Å². The summed E-state index contributed by atoms with van der Waals surface area (Å²) in [6.07, 6.45) is 1.04. The molecule has 0 heterocycles. The van der Waals surface area contributed by atoms with Gasteiger partial charge < -0.3 is 0 Å². The monoisotopic (exact) mass is 269 g/mol. The lowest BCUT2D eigenvalue weighted by molar-refractivity contribution is -0.0756. The van der Waals surface area contributed by atoms with E-state index >= 15 is 0 Å². The van der Waals surface area contributed by atoms with Gasteiger partial charge >= 0.3 is 0 Å². The van der Waals surface area contributed by atoms with Gasteiger partial charge in [-0.15, -0.1) is 0 Å².